The molecule has 1 amide bonds. The van der Waals surface area contributed by atoms with Crippen molar-refractivity contribution >= 4 is 24.6 Å². The number of thiol groups is 1. The molecule has 0 radical (unpaired) electrons. The van der Waals surface area contributed by atoms with Gasteiger partial charge < -0.3 is 28.4 Å². The molecule has 216 valence electrons. The summed E-state index contributed by atoms with van der Waals surface area (Å²) in [4.78, 5) is 17.3. The number of carbonyl (C=O) groups excluding carboxylic acids is 1. The Morgan fingerprint density at radius 2 is 1.60 bits per heavy atom. The quantitative estimate of drug-likeness (QED) is 0.370. The third-order valence-corrected chi connectivity index (χ3v) is 6.69. The van der Waals surface area contributed by atoms with Crippen LogP contribution >= 0.6 is 12.8 Å². The predicted molar refractivity (Wildman–Crippen MR) is 140 cm³/mol. The first-order chi connectivity index (χ1) is 19.1. The van der Waals surface area contributed by atoms with Crippen LogP contribution < -0.4 is 9.04 Å². The summed E-state index contributed by atoms with van der Waals surface area (Å²) in [5, 5.41) is 0. The second-order valence-electron chi connectivity index (χ2n) is 8.72. The Balaban J connectivity index is 1.46. The van der Waals surface area contributed by atoms with Gasteiger partial charge in [-0.05, 0) is 55.5 Å². The summed E-state index contributed by atoms with van der Waals surface area (Å²) in [7, 11) is 4.49. The third kappa shape index (κ3) is 6.53. The first-order valence-corrected chi connectivity index (χ1v) is 12.4. The number of halogens is 3. The first-order valence-electron chi connectivity index (χ1n) is 12.0. The average Bonchev–Trinajstić information content (AvgIpc) is 3.42. The van der Waals surface area contributed by atoms with Crippen molar-refractivity contribution in [2.24, 2.45) is 0 Å². The van der Waals surface area contributed by atoms with Gasteiger partial charge in [-0.1, -0.05) is 12.8 Å². The minimum Gasteiger partial charge on any atom is -0.416 e. The van der Waals surface area contributed by atoms with E-state index in [9.17, 15) is 18.0 Å². The highest BCUT2D eigenvalue weighted by Gasteiger charge is 2.47. The van der Waals surface area contributed by atoms with E-state index in [4.69, 9.17) is 23.7 Å². The van der Waals surface area contributed by atoms with Gasteiger partial charge in [0.25, 0.3) is 0 Å². The van der Waals surface area contributed by atoms with Gasteiger partial charge in [0.1, 0.15) is 29.9 Å². The van der Waals surface area contributed by atoms with Crippen molar-refractivity contribution in [1.82, 2.24) is 9.55 Å². The summed E-state index contributed by atoms with van der Waals surface area (Å²) in [5.74, 6) is 0.194. The maximum absolute atomic E-state index is 12.9. The molecular formula is C26H28F3N3O7S. The minimum absolute atomic E-state index is 0.329. The van der Waals surface area contributed by atoms with Crippen molar-refractivity contribution in [2.75, 3.05) is 25.6 Å². The van der Waals surface area contributed by atoms with Gasteiger partial charge in [-0.2, -0.15) is 0 Å². The molecular weight excluding hydrogens is 555 g/mol. The molecule has 10 nitrogen and oxygen atoms in total. The van der Waals surface area contributed by atoms with Gasteiger partial charge in [0.05, 0.1) is 11.8 Å². The van der Waals surface area contributed by atoms with E-state index in [1.165, 1.54) is 45.6 Å². The van der Waals surface area contributed by atoms with E-state index < -0.39 is 43.2 Å². The topological polar surface area (TPSA) is 93.5 Å². The number of ether oxygens (including phenoxy) is 6. The Bertz CT molecular complexity index is 1270. The molecule has 1 fully saturated rings. The largest absolute Gasteiger partial charge is 0.573 e. The lowest BCUT2D eigenvalue weighted by Crippen LogP contribution is -2.60. The molecule has 0 aliphatic carbocycles. The summed E-state index contributed by atoms with van der Waals surface area (Å²) in [5.41, 5.74) is 1.65. The fraction of sp³-hybridized carbons (Fsp3) is 0.385. The molecule has 1 aromatic heterocycles. The van der Waals surface area contributed by atoms with Gasteiger partial charge in [0, 0.05) is 45.0 Å². The van der Waals surface area contributed by atoms with E-state index in [0.29, 0.717) is 22.8 Å². The van der Waals surface area contributed by atoms with Crippen LogP contribution in [0.2, 0.25) is 0 Å². The molecule has 2 heterocycles. The normalized spacial score (nSPS) is 23.1. The number of nitrogens with zero attached hydrogens (tertiary/aromatic N) is 3. The average molecular weight is 584 g/mol. The van der Waals surface area contributed by atoms with E-state index in [-0.39, 0.29) is 5.75 Å². The van der Waals surface area contributed by atoms with Crippen molar-refractivity contribution in [3.8, 4) is 22.8 Å². The van der Waals surface area contributed by atoms with Crippen molar-refractivity contribution < 1.29 is 46.4 Å². The number of alkyl halides is 3. The Labute approximate surface area is 234 Å². The Morgan fingerprint density at radius 1 is 0.975 bits per heavy atom. The number of benzene rings is 2. The predicted octanol–water partition coefficient (Wildman–Crippen LogP) is 5.02. The lowest BCUT2D eigenvalue weighted by atomic mass is 9.99. The van der Waals surface area contributed by atoms with Gasteiger partial charge in [-0.15, -0.1) is 13.2 Å². The number of hydrogen-bond donors (Lipinski definition) is 1. The van der Waals surface area contributed by atoms with Gasteiger partial charge in [0.2, 0.25) is 6.29 Å². The SMILES string of the molecule is COC1C(C)OC(OC(=O)N(S)c2ccc(-c3nccn3-c3ccc(OC(F)(F)F)cc3)cc2)C(OC)C1OC. The Hall–Kier alpha value is -3.30. The highest BCUT2D eigenvalue weighted by Crippen LogP contribution is 2.30. The maximum Gasteiger partial charge on any atom is 0.573 e. The number of carbonyl (C=O) groups is 1. The molecule has 5 unspecified atom stereocenters. The van der Waals surface area contributed by atoms with Gasteiger partial charge in [-0.25, -0.2) is 14.1 Å². The number of methoxy groups -OCH3 is 3. The highest BCUT2D eigenvalue weighted by molar-refractivity contribution is 7.82. The summed E-state index contributed by atoms with van der Waals surface area (Å²) in [6, 6.07) is 12.1. The van der Waals surface area contributed by atoms with Crippen molar-refractivity contribution in [1.29, 1.82) is 0 Å². The second kappa shape index (κ2) is 12.5. The van der Waals surface area contributed by atoms with Gasteiger partial charge in [0.15, 0.2) is 0 Å². The lowest BCUT2D eigenvalue weighted by Gasteiger charge is -2.43. The van der Waals surface area contributed by atoms with E-state index in [0.717, 1.165) is 4.31 Å². The van der Waals surface area contributed by atoms with Crippen LogP contribution in [0.15, 0.2) is 60.9 Å². The van der Waals surface area contributed by atoms with Gasteiger partial charge in [-0.3, -0.25) is 4.57 Å². The zero-order chi connectivity index (χ0) is 29.0. The van der Waals surface area contributed by atoms with E-state index >= 15 is 0 Å². The van der Waals surface area contributed by atoms with Crippen LogP contribution in [0.3, 0.4) is 0 Å². The van der Waals surface area contributed by atoms with Crippen molar-refractivity contribution in [2.45, 2.75) is 44.0 Å². The number of amides is 1. The van der Waals surface area contributed by atoms with Crippen LogP contribution in [0.4, 0.5) is 23.7 Å². The van der Waals surface area contributed by atoms with Crippen LogP contribution in [0.5, 0.6) is 5.75 Å². The van der Waals surface area contributed by atoms with E-state index in [1.807, 2.05) is 0 Å². The molecule has 1 aliphatic heterocycles. The maximum atomic E-state index is 12.9. The second-order valence-corrected chi connectivity index (χ2v) is 9.12. The molecule has 0 saturated carbocycles. The fourth-order valence-electron chi connectivity index (χ4n) is 4.45. The Morgan fingerprint density at radius 3 is 2.17 bits per heavy atom. The summed E-state index contributed by atoms with van der Waals surface area (Å²) in [6.45, 7) is 1.78. The third-order valence-electron chi connectivity index (χ3n) is 6.29. The molecule has 3 aromatic rings. The van der Waals surface area contributed by atoms with Gasteiger partial charge >= 0.3 is 12.5 Å². The molecule has 5 atom stereocenters. The standard InChI is InChI=1S/C26H28F3N3O7S/c1-15-20(34-2)21(35-3)22(36-4)24(37-15)38-25(33)32(40)18-7-5-16(6-8-18)23-30-13-14-31(23)17-9-11-19(12-10-17)39-26(27,28)29/h5-15,20-22,24,40H,1-4H3. The summed E-state index contributed by atoms with van der Waals surface area (Å²) >= 11 is 4.30. The lowest BCUT2D eigenvalue weighted by molar-refractivity contribution is -0.289. The number of aromatic nitrogens is 2. The highest BCUT2D eigenvalue weighted by atomic mass is 32.1. The zero-order valence-corrected chi connectivity index (χ0v) is 22.8. The molecule has 0 N–H and O–H groups in total. The fourth-order valence-corrected chi connectivity index (χ4v) is 4.63. The minimum atomic E-state index is -4.77. The smallest absolute Gasteiger partial charge is 0.416 e. The van der Waals surface area contributed by atoms with Crippen molar-refractivity contribution in [3.05, 3.63) is 60.9 Å². The van der Waals surface area contributed by atoms with Crippen LogP contribution in [0.25, 0.3) is 17.1 Å². The molecule has 1 aliphatic rings. The molecule has 0 bridgehead atoms. The van der Waals surface area contributed by atoms with E-state index in [1.54, 1.807) is 48.1 Å². The molecule has 0 spiro atoms. The summed E-state index contributed by atoms with van der Waals surface area (Å²) < 4.78 is 71.9. The first kappa shape index (κ1) is 29.7. The molecule has 40 heavy (non-hydrogen) atoms. The van der Waals surface area contributed by atoms with Crippen LogP contribution in [-0.4, -0.2) is 74.0 Å². The number of rotatable bonds is 8. The number of hydrogen-bond acceptors (Lipinski definition) is 9. The van der Waals surface area contributed by atoms with Crippen LogP contribution in [0, 0.1) is 0 Å². The van der Waals surface area contributed by atoms with E-state index in [2.05, 4.69) is 22.5 Å². The molecule has 1 saturated heterocycles. The van der Waals surface area contributed by atoms with Crippen molar-refractivity contribution in [3.63, 3.8) is 0 Å². The number of anilines is 1. The monoisotopic (exact) mass is 583 g/mol. The summed E-state index contributed by atoms with van der Waals surface area (Å²) in [6.07, 6.45) is -5.57. The molecule has 14 heteroatoms. The molecule has 2 aromatic carbocycles. The van der Waals surface area contributed by atoms with Crippen LogP contribution in [-0.2, 0) is 23.7 Å². The number of imidazole rings is 1. The Kier molecular flexibility index (Phi) is 9.26. The van der Waals surface area contributed by atoms with Crippen LogP contribution in [0.1, 0.15) is 6.92 Å². The zero-order valence-electron chi connectivity index (χ0n) is 21.9. The molecule has 4 rings (SSSR count).